The zero-order valence-corrected chi connectivity index (χ0v) is 26.3. The molecule has 252 valence electrons. The second-order valence-electron chi connectivity index (χ2n) is 10.8. The van der Waals surface area contributed by atoms with Crippen LogP contribution in [0.15, 0.2) is 55.1 Å². The van der Waals surface area contributed by atoms with Crippen molar-refractivity contribution in [3.8, 4) is 11.3 Å². The molecule has 1 fully saturated rings. The summed E-state index contributed by atoms with van der Waals surface area (Å²) < 4.78 is 49.0. The molecule has 1 aliphatic rings. The minimum Gasteiger partial charge on any atom is -0.437 e. The normalized spacial score (nSPS) is 14.0. The highest BCUT2D eigenvalue weighted by molar-refractivity contribution is 6.34. The number of hydrogen-bond acceptors (Lipinski definition) is 8. The van der Waals surface area contributed by atoms with Crippen molar-refractivity contribution in [3.05, 3.63) is 82.8 Å². The van der Waals surface area contributed by atoms with Crippen LogP contribution in [0, 0.1) is 0 Å². The van der Waals surface area contributed by atoms with Gasteiger partial charge in [-0.25, -0.2) is 9.78 Å². The predicted octanol–water partition coefficient (Wildman–Crippen LogP) is 3.42. The van der Waals surface area contributed by atoms with Gasteiger partial charge in [0.2, 0.25) is 0 Å². The van der Waals surface area contributed by atoms with Gasteiger partial charge >= 0.3 is 12.3 Å². The summed E-state index contributed by atoms with van der Waals surface area (Å²) in [6.07, 6.45) is -1.43. The first kappa shape index (κ1) is 33.9. The first-order valence-electron chi connectivity index (χ1n) is 14.4. The molecule has 4 heterocycles. The molecule has 0 spiro atoms. The van der Waals surface area contributed by atoms with E-state index < -0.39 is 41.8 Å². The maximum atomic E-state index is 14.0. The molecule has 5 rings (SSSR count). The number of alkyl halides is 3. The van der Waals surface area contributed by atoms with E-state index in [0.717, 1.165) is 10.9 Å². The van der Waals surface area contributed by atoms with Crippen molar-refractivity contribution in [2.45, 2.75) is 25.7 Å². The number of hydrogen-bond donors (Lipinski definition) is 2. The molecule has 4 aromatic rings. The number of nitrogens with two attached hydrogens (primary N) is 1. The number of primary amides is 1. The lowest BCUT2D eigenvalue weighted by Gasteiger charge is -2.35. The quantitative estimate of drug-likeness (QED) is 0.284. The molecule has 0 radical (unpaired) electrons. The Labute approximate surface area is 276 Å². The maximum absolute atomic E-state index is 14.0. The Morgan fingerprint density at radius 2 is 1.79 bits per heavy atom. The number of ether oxygens (including phenoxy) is 1. The highest BCUT2D eigenvalue weighted by Gasteiger charge is 2.39. The number of aromatic nitrogens is 5. The number of imidazole rings is 1. The summed E-state index contributed by atoms with van der Waals surface area (Å²) in [5.41, 5.74) is 4.61. The van der Waals surface area contributed by atoms with E-state index in [4.69, 9.17) is 22.1 Å². The van der Waals surface area contributed by atoms with E-state index in [1.807, 2.05) is 0 Å². The molecule has 1 atom stereocenters. The summed E-state index contributed by atoms with van der Waals surface area (Å²) in [6, 6.07) is 7.62. The fraction of sp³-hybridized carbons (Fsp3) is 0.300. The standard InChI is InChI=1S/C30H29ClF3N9O5/c1-17(48-29(35)47)27(45)41-8-10-42(11-9-41)28(46)20-6-5-19(12-22(20)31)38-26(44)25-37-14-23(40(25)2)21-16-43(39-24(21)30(32,33)34)15-18-4-3-7-36-13-18/h3-7,12-14,16-17H,8-11,15H2,1-2H3,(H2,35,47)(H,38,44). The number of benzene rings is 1. The summed E-state index contributed by atoms with van der Waals surface area (Å²) in [7, 11) is 1.41. The van der Waals surface area contributed by atoms with Gasteiger partial charge in [-0.3, -0.25) is 24.0 Å². The van der Waals surface area contributed by atoms with Crippen molar-refractivity contribution in [2.75, 3.05) is 31.5 Å². The number of nitrogens with zero attached hydrogens (tertiary/aromatic N) is 7. The van der Waals surface area contributed by atoms with Gasteiger partial charge in [0.05, 0.1) is 34.6 Å². The van der Waals surface area contributed by atoms with Crippen LogP contribution in [0.1, 0.15) is 39.2 Å². The molecule has 48 heavy (non-hydrogen) atoms. The van der Waals surface area contributed by atoms with Crippen LogP contribution in [0.25, 0.3) is 11.3 Å². The van der Waals surface area contributed by atoms with Gasteiger partial charge in [0, 0.05) is 57.5 Å². The molecule has 1 saturated heterocycles. The molecule has 3 aromatic heterocycles. The van der Waals surface area contributed by atoms with Gasteiger partial charge in [0.1, 0.15) is 0 Å². The Balaban J connectivity index is 1.26. The summed E-state index contributed by atoms with van der Waals surface area (Å²) >= 11 is 6.41. The van der Waals surface area contributed by atoms with Crippen molar-refractivity contribution in [1.82, 2.24) is 34.1 Å². The zero-order chi connectivity index (χ0) is 34.7. The van der Waals surface area contributed by atoms with Gasteiger partial charge in [0.15, 0.2) is 17.6 Å². The number of carbonyl (C=O) groups is 4. The first-order valence-corrected chi connectivity index (χ1v) is 14.8. The van der Waals surface area contributed by atoms with E-state index in [1.54, 1.807) is 18.3 Å². The first-order chi connectivity index (χ1) is 22.7. The summed E-state index contributed by atoms with van der Waals surface area (Å²) in [4.78, 5) is 60.7. The fourth-order valence-corrected chi connectivity index (χ4v) is 5.45. The topological polar surface area (TPSA) is 171 Å². The van der Waals surface area contributed by atoms with E-state index in [-0.39, 0.29) is 66.1 Å². The summed E-state index contributed by atoms with van der Waals surface area (Å²) in [6.45, 7) is 2.24. The van der Waals surface area contributed by atoms with Crippen molar-refractivity contribution in [1.29, 1.82) is 0 Å². The lowest BCUT2D eigenvalue weighted by Crippen LogP contribution is -2.53. The third kappa shape index (κ3) is 7.41. The van der Waals surface area contributed by atoms with Crippen LogP contribution in [0.5, 0.6) is 0 Å². The number of amides is 4. The number of piperazine rings is 1. The molecule has 0 aliphatic carbocycles. The third-order valence-electron chi connectivity index (χ3n) is 7.54. The molecule has 1 unspecified atom stereocenters. The Morgan fingerprint density at radius 3 is 2.42 bits per heavy atom. The molecular formula is C30H29ClF3N9O5. The molecule has 1 aromatic carbocycles. The van der Waals surface area contributed by atoms with Gasteiger partial charge in [-0.1, -0.05) is 17.7 Å². The van der Waals surface area contributed by atoms with Crippen LogP contribution < -0.4 is 11.1 Å². The number of anilines is 1. The van der Waals surface area contributed by atoms with Crippen LogP contribution in [-0.4, -0.2) is 90.2 Å². The zero-order valence-electron chi connectivity index (χ0n) is 25.6. The Kier molecular flexibility index (Phi) is 9.69. The smallest absolute Gasteiger partial charge is 0.435 e. The van der Waals surface area contributed by atoms with Crippen LogP contribution >= 0.6 is 11.6 Å². The Hall–Kier alpha value is -5.45. The molecule has 4 amide bonds. The Bertz CT molecular complexity index is 1850. The molecule has 18 heteroatoms. The minimum absolute atomic E-state index is 0.0144. The van der Waals surface area contributed by atoms with Gasteiger partial charge in [-0.2, -0.15) is 18.3 Å². The van der Waals surface area contributed by atoms with Gasteiger partial charge < -0.3 is 30.2 Å². The van der Waals surface area contributed by atoms with E-state index in [1.165, 1.54) is 58.9 Å². The van der Waals surface area contributed by atoms with E-state index >= 15 is 0 Å². The SMILES string of the molecule is CC(OC(N)=O)C(=O)N1CCN(C(=O)c2ccc(NC(=O)c3ncc(-c4cn(Cc5cccnc5)nc4C(F)(F)F)n3C)cc2Cl)CC1. The van der Waals surface area contributed by atoms with Crippen LogP contribution in [0.2, 0.25) is 5.02 Å². The number of halogens is 4. The molecular weight excluding hydrogens is 659 g/mol. The van der Waals surface area contributed by atoms with Gasteiger partial charge in [0.25, 0.3) is 17.7 Å². The summed E-state index contributed by atoms with van der Waals surface area (Å²) in [5, 5.41) is 6.39. The Morgan fingerprint density at radius 1 is 1.08 bits per heavy atom. The minimum atomic E-state index is -4.78. The van der Waals surface area contributed by atoms with Gasteiger partial charge in [-0.05, 0) is 36.8 Å². The monoisotopic (exact) mass is 687 g/mol. The number of pyridine rings is 1. The maximum Gasteiger partial charge on any atom is 0.435 e. The number of carbonyl (C=O) groups excluding carboxylic acids is 4. The summed E-state index contributed by atoms with van der Waals surface area (Å²) in [5.74, 6) is -1.75. The molecule has 1 aliphatic heterocycles. The van der Waals surface area contributed by atoms with Crippen molar-refractivity contribution < 1.29 is 37.1 Å². The third-order valence-corrected chi connectivity index (χ3v) is 7.85. The number of nitrogens with one attached hydrogen (secondary N) is 1. The van der Waals surface area contributed by atoms with Crippen molar-refractivity contribution >= 4 is 41.1 Å². The average Bonchev–Trinajstić information content (AvgIpc) is 3.64. The van der Waals surface area contributed by atoms with Crippen molar-refractivity contribution in [3.63, 3.8) is 0 Å². The van der Waals surface area contributed by atoms with Gasteiger partial charge in [-0.15, -0.1) is 0 Å². The van der Waals surface area contributed by atoms with Crippen molar-refractivity contribution in [2.24, 2.45) is 12.8 Å². The fourth-order valence-electron chi connectivity index (χ4n) is 5.18. The largest absolute Gasteiger partial charge is 0.437 e. The molecule has 0 saturated carbocycles. The van der Waals surface area contributed by atoms with Crippen LogP contribution in [-0.2, 0) is 29.3 Å². The lowest BCUT2D eigenvalue weighted by molar-refractivity contribution is -0.141. The van der Waals surface area contributed by atoms with E-state index in [2.05, 4.69) is 20.4 Å². The lowest BCUT2D eigenvalue weighted by atomic mass is 10.1. The molecule has 14 nitrogen and oxygen atoms in total. The highest BCUT2D eigenvalue weighted by atomic mass is 35.5. The van der Waals surface area contributed by atoms with Crippen LogP contribution in [0.4, 0.5) is 23.7 Å². The number of rotatable bonds is 8. The average molecular weight is 688 g/mol. The second-order valence-corrected chi connectivity index (χ2v) is 11.2. The predicted molar refractivity (Wildman–Crippen MR) is 165 cm³/mol. The van der Waals surface area contributed by atoms with Crippen LogP contribution in [0.3, 0.4) is 0 Å². The van der Waals surface area contributed by atoms with E-state index in [9.17, 15) is 32.3 Å². The molecule has 3 N–H and O–H groups in total. The highest BCUT2D eigenvalue weighted by Crippen LogP contribution is 2.36. The second kappa shape index (κ2) is 13.7. The molecule has 0 bridgehead atoms. The van der Waals surface area contributed by atoms with E-state index in [0.29, 0.717) is 5.56 Å².